The van der Waals surface area contributed by atoms with Gasteiger partial charge < -0.3 is 15.3 Å². The van der Waals surface area contributed by atoms with Crippen LogP contribution in [0.5, 0.6) is 0 Å². The third kappa shape index (κ3) is 2.64. The van der Waals surface area contributed by atoms with E-state index in [9.17, 15) is 0 Å². The molecule has 0 aromatic carbocycles. The van der Waals surface area contributed by atoms with Crippen LogP contribution in [0.15, 0.2) is 18.5 Å². The molecule has 0 spiro atoms. The van der Waals surface area contributed by atoms with Crippen LogP contribution in [-0.2, 0) is 6.54 Å². The summed E-state index contributed by atoms with van der Waals surface area (Å²) in [7, 11) is 0. The van der Waals surface area contributed by atoms with Gasteiger partial charge >= 0.3 is 0 Å². The molecule has 1 saturated carbocycles. The first kappa shape index (κ1) is 16.7. The molecule has 24 heavy (non-hydrogen) atoms. The van der Waals surface area contributed by atoms with Gasteiger partial charge in [0.1, 0.15) is 17.0 Å². The largest absolute Gasteiger partial charge is 0.346 e. The number of rotatable bonds is 3. The van der Waals surface area contributed by atoms with E-state index in [2.05, 4.69) is 26.7 Å². The average molecular weight is 345 g/mol. The first-order valence-corrected chi connectivity index (χ1v) is 8.21. The zero-order valence-electron chi connectivity index (χ0n) is 13.4. The van der Waals surface area contributed by atoms with E-state index in [1.165, 1.54) is 0 Å². The Hall–Kier alpha value is -2.10. The Labute approximate surface area is 146 Å². The lowest BCUT2D eigenvalue weighted by atomic mass is 9.84. The zero-order chi connectivity index (χ0) is 15.8. The van der Waals surface area contributed by atoms with Crippen LogP contribution >= 0.6 is 12.4 Å². The Morgan fingerprint density at radius 2 is 2.12 bits per heavy atom. The lowest BCUT2D eigenvalue weighted by Crippen LogP contribution is -2.21. The van der Waals surface area contributed by atoms with Gasteiger partial charge in [0.25, 0.3) is 0 Å². The summed E-state index contributed by atoms with van der Waals surface area (Å²) in [6.07, 6.45) is 8.78. The number of pyridine rings is 1. The Kier molecular flexibility index (Phi) is 4.74. The maximum atomic E-state index is 8.89. The van der Waals surface area contributed by atoms with E-state index in [0.29, 0.717) is 24.9 Å². The summed E-state index contributed by atoms with van der Waals surface area (Å²) in [6.45, 7) is 0.429. The summed E-state index contributed by atoms with van der Waals surface area (Å²) in [4.78, 5) is 12.3. The molecule has 1 aliphatic rings. The molecule has 0 bridgehead atoms. The minimum Gasteiger partial charge on any atom is -0.346 e. The fourth-order valence-electron chi connectivity index (χ4n) is 3.91. The highest BCUT2D eigenvalue weighted by atomic mass is 35.5. The van der Waals surface area contributed by atoms with Crippen LogP contribution in [0.2, 0.25) is 0 Å². The monoisotopic (exact) mass is 344 g/mol. The van der Waals surface area contributed by atoms with E-state index >= 15 is 0 Å². The Morgan fingerprint density at radius 1 is 1.33 bits per heavy atom. The van der Waals surface area contributed by atoms with Crippen molar-refractivity contribution in [2.75, 3.05) is 0 Å². The molecule has 3 aromatic heterocycles. The van der Waals surface area contributed by atoms with Crippen molar-refractivity contribution in [1.82, 2.24) is 19.5 Å². The molecule has 4 rings (SSSR count). The molecule has 3 aromatic rings. The average Bonchev–Trinajstić information content (AvgIpc) is 3.19. The normalized spacial score (nSPS) is 20.8. The van der Waals surface area contributed by atoms with Gasteiger partial charge in [-0.1, -0.05) is 0 Å². The predicted octanol–water partition coefficient (Wildman–Crippen LogP) is 3.44. The van der Waals surface area contributed by atoms with Gasteiger partial charge in [0.15, 0.2) is 0 Å². The van der Waals surface area contributed by atoms with Crippen molar-refractivity contribution in [2.45, 2.75) is 44.7 Å². The predicted molar refractivity (Wildman–Crippen MR) is 95.7 cm³/mol. The number of nitrogens with two attached hydrogens (primary N) is 1. The van der Waals surface area contributed by atoms with E-state index in [4.69, 9.17) is 16.0 Å². The van der Waals surface area contributed by atoms with Crippen molar-refractivity contribution < 1.29 is 0 Å². The van der Waals surface area contributed by atoms with Crippen molar-refractivity contribution >= 4 is 34.5 Å². The van der Waals surface area contributed by atoms with Crippen molar-refractivity contribution in [3.63, 3.8) is 0 Å². The lowest BCUT2D eigenvalue weighted by molar-refractivity contribution is 0.278. The minimum atomic E-state index is 0. The maximum absolute atomic E-state index is 8.89. The highest BCUT2D eigenvalue weighted by Gasteiger charge is 2.26. The number of H-pyrrole nitrogens is 1. The highest BCUT2D eigenvalue weighted by molar-refractivity contribution is 6.01. The van der Waals surface area contributed by atoms with E-state index in [-0.39, 0.29) is 12.4 Å². The molecular formula is C17H21ClN6. The van der Waals surface area contributed by atoms with Gasteiger partial charge in [0.2, 0.25) is 0 Å². The molecule has 0 saturated heterocycles. The third-order valence-electron chi connectivity index (χ3n) is 5.05. The molecular weight excluding hydrogens is 324 g/mol. The lowest BCUT2D eigenvalue weighted by Gasteiger charge is -2.29. The smallest absolute Gasteiger partial charge is 0.139 e. The topological polar surface area (TPSA) is 96.3 Å². The summed E-state index contributed by atoms with van der Waals surface area (Å²) in [5.74, 6) is 1.47. The molecule has 7 heteroatoms. The van der Waals surface area contributed by atoms with Crippen molar-refractivity contribution in [3.8, 4) is 6.07 Å². The second kappa shape index (κ2) is 6.80. The van der Waals surface area contributed by atoms with Crippen molar-refractivity contribution in [1.29, 1.82) is 5.26 Å². The Balaban J connectivity index is 0.00000169. The van der Waals surface area contributed by atoms with Crippen LogP contribution in [0.3, 0.4) is 0 Å². The molecule has 0 radical (unpaired) electrons. The molecule has 0 amide bonds. The molecule has 1 aliphatic carbocycles. The molecule has 0 unspecified atom stereocenters. The standard InChI is InChI=1S/C17H20N6.ClH/c18-7-5-11-1-3-12(4-2-11)23-15(9-19)22-14-10-21-17-13(16(14)23)6-8-20-17;/h6,8,10-12H,1-5,9,19H2,(H,20,21);1H/t11-,12-;. The van der Waals surface area contributed by atoms with Gasteiger partial charge in [-0.05, 0) is 37.7 Å². The van der Waals surface area contributed by atoms with Crippen LogP contribution in [0.25, 0.3) is 22.1 Å². The van der Waals surface area contributed by atoms with Gasteiger partial charge in [0, 0.05) is 24.0 Å². The van der Waals surface area contributed by atoms with Gasteiger partial charge in [-0.25, -0.2) is 9.97 Å². The van der Waals surface area contributed by atoms with E-state index in [0.717, 1.165) is 53.6 Å². The molecule has 3 N–H and O–H groups in total. The summed E-state index contributed by atoms with van der Waals surface area (Å²) < 4.78 is 2.33. The molecule has 3 heterocycles. The van der Waals surface area contributed by atoms with Gasteiger partial charge in [0.05, 0.1) is 24.3 Å². The number of aromatic amines is 1. The van der Waals surface area contributed by atoms with E-state index in [1.807, 2.05) is 12.4 Å². The molecule has 1 fully saturated rings. The number of nitrogens with zero attached hydrogens (tertiary/aromatic N) is 4. The first-order valence-electron chi connectivity index (χ1n) is 8.21. The van der Waals surface area contributed by atoms with Crippen molar-refractivity contribution in [3.05, 3.63) is 24.3 Å². The Morgan fingerprint density at radius 3 is 2.83 bits per heavy atom. The number of hydrogen-bond donors (Lipinski definition) is 2. The number of halogens is 1. The van der Waals surface area contributed by atoms with Crippen LogP contribution in [0, 0.1) is 17.2 Å². The summed E-state index contributed by atoms with van der Waals surface area (Å²) in [5.41, 5.74) is 8.90. The summed E-state index contributed by atoms with van der Waals surface area (Å²) in [5, 5.41) is 10.00. The fourth-order valence-corrected chi connectivity index (χ4v) is 3.91. The second-order valence-corrected chi connectivity index (χ2v) is 6.37. The number of fused-ring (bicyclic) bond motifs is 3. The van der Waals surface area contributed by atoms with Crippen LogP contribution < -0.4 is 5.73 Å². The maximum Gasteiger partial charge on any atom is 0.139 e. The molecule has 0 atom stereocenters. The van der Waals surface area contributed by atoms with Crippen LogP contribution in [-0.4, -0.2) is 19.5 Å². The molecule has 0 aliphatic heterocycles. The molecule has 6 nitrogen and oxygen atoms in total. The number of hydrogen-bond acceptors (Lipinski definition) is 4. The fraction of sp³-hybridized carbons (Fsp3) is 0.471. The molecule has 126 valence electrons. The van der Waals surface area contributed by atoms with Crippen molar-refractivity contribution in [2.24, 2.45) is 11.7 Å². The quantitative estimate of drug-likeness (QED) is 0.760. The SMILES string of the molecule is Cl.N#CC[C@H]1CC[C@H](n2c(CN)nc3cnc4[nH]ccc4c32)CC1. The van der Waals surface area contributed by atoms with E-state index in [1.54, 1.807) is 0 Å². The van der Waals surface area contributed by atoms with Gasteiger partial charge in [-0.15, -0.1) is 12.4 Å². The number of nitriles is 1. The summed E-state index contributed by atoms with van der Waals surface area (Å²) in [6, 6.07) is 4.78. The Bertz CT molecular complexity index is 882. The first-order chi connectivity index (χ1) is 11.3. The zero-order valence-corrected chi connectivity index (χ0v) is 14.2. The van der Waals surface area contributed by atoms with Gasteiger partial charge in [-0.2, -0.15) is 5.26 Å². The number of aromatic nitrogens is 4. The third-order valence-corrected chi connectivity index (χ3v) is 5.05. The summed E-state index contributed by atoms with van der Waals surface area (Å²) >= 11 is 0. The number of nitrogens with one attached hydrogen (secondary N) is 1. The van der Waals surface area contributed by atoms with Gasteiger partial charge in [-0.3, -0.25) is 0 Å². The second-order valence-electron chi connectivity index (χ2n) is 6.37. The van der Waals surface area contributed by atoms with E-state index < -0.39 is 0 Å². The number of imidazole rings is 1. The minimum absolute atomic E-state index is 0. The van der Waals surface area contributed by atoms with Crippen LogP contribution in [0.4, 0.5) is 0 Å². The van der Waals surface area contributed by atoms with Crippen LogP contribution in [0.1, 0.15) is 44.0 Å². The highest BCUT2D eigenvalue weighted by Crippen LogP contribution is 2.37.